The van der Waals surface area contributed by atoms with Crippen LogP contribution in [0.5, 0.6) is 0 Å². The lowest BCUT2D eigenvalue weighted by atomic mass is 10.0. The van der Waals surface area contributed by atoms with Gasteiger partial charge in [-0.15, -0.1) is 0 Å². The number of halogens is 3. The van der Waals surface area contributed by atoms with Crippen LogP contribution < -0.4 is 0 Å². The second-order valence-electron chi connectivity index (χ2n) is 2.55. The van der Waals surface area contributed by atoms with Gasteiger partial charge in [0, 0.05) is 12.4 Å². The number of rotatable bonds is 1. The van der Waals surface area contributed by atoms with Crippen LogP contribution in [-0.2, 0) is 0 Å². The number of alkyl halides is 3. The molecule has 0 aromatic carbocycles. The van der Waals surface area contributed by atoms with Gasteiger partial charge in [0.1, 0.15) is 0 Å². The molecular formula is C8H8F3N. The van der Waals surface area contributed by atoms with Crippen LogP contribution in [0.3, 0.4) is 0 Å². The zero-order valence-corrected chi connectivity index (χ0v) is 6.47. The van der Waals surface area contributed by atoms with E-state index in [2.05, 4.69) is 4.98 Å². The lowest BCUT2D eigenvalue weighted by Gasteiger charge is -2.14. The normalized spacial score (nSPS) is 14.3. The Kier molecular flexibility index (Phi) is 2.35. The highest BCUT2D eigenvalue weighted by atomic mass is 19.4. The van der Waals surface area contributed by atoms with Gasteiger partial charge in [-0.25, -0.2) is 0 Å². The fourth-order valence-electron chi connectivity index (χ4n) is 0.821. The maximum atomic E-state index is 12.1. The molecule has 1 rings (SSSR count). The van der Waals surface area contributed by atoms with Crippen molar-refractivity contribution in [3.63, 3.8) is 0 Å². The smallest absolute Gasteiger partial charge is 0.264 e. The first kappa shape index (κ1) is 9.03. The van der Waals surface area contributed by atoms with Gasteiger partial charge in [0.15, 0.2) is 0 Å². The third-order valence-corrected chi connectivity index (χ3v) is 1.68. The molecule has 0 amide bonds. The topological polar surface area (TPSA) is 12.9 Å². The van der Waals surface area contributed by atoms with E-state index in [0.29, 0.717) is 0 Å². The predicted octanol–water partition coefficient (Wildman–Crippen LogP) is 2.75. The highest BCUT2D eigenvalue weighted by Gasteiger charge is 2.36. The number of pyridine rings is 1. The molecule has 1 aromatic heterocycles. The van der Waals surface area contributed by atoms with Gasteiger partial charge < -0.3 is 0 Å². The maximum Gasteiger partial charge on any atom is 0.395 e. The van der Waals surface area contributed by atoms with Gasteiger partial charge in [0.25, 0.3) is 0 Å². The molecule has 0 aliphatic rings. The lowest BCUT2D eigenvalue weighted by Crippen LogP contribution is -2.17. The Morgan fingerprint density at radius 1 is 1.42 bits per heavy atom. The fraction of sp³-hybridized carbons (Fsp3) is 0.375. The van der Waals surface area contributed by atoms with Crippen LogP contribution in [0.2, 0.25) is 0 Å². The summed E-state index contributed by atoms with van der Waals surface area (Å²) >= 11 is 0. The van der Waals surface area contributed by atoms with Crippen molar-refractivity contribution in [3.05, 3.63) is 30.1 Å². The highest BCUT2D eigenvalue weighted by molar-refractivity contribution is 5.15. The molecular weight excluding hydrogens is 167 g/mol. The molecule has 1 heterocycles. The molecule has 0 saturated carbocycles. The van der Waals surface area contributed by atoms with E-state index in [0.717, 1.165) is 6.92 Å². The van der Waals surface area contributed by atoms with Crippen molar-refractivity contribution < 1.29 is 13.2 Å². The van der Waals surface area contributed by atoms with Gasteiger partial charge in [-0.3, -0.25) is 4.98 Å². The summed E-state index contributed by atoms with van der Waals surface area (Å²) in [5.41, 5.74) is 0.199. The SMILES string of the molecule is C[C@H](c1cccnc1)C(F)(F)F. The first-order valence-corrected chi connectivity index (χ1v) is 3.48. The third kappa shape index (κ3) is 1.96. The van der Waals surface area contributed by atoms with E-state index >= 15 is 0 Å². The Morgan fingerprint density at radius 3 is 2.50 bits per heavy atom. The quantitative estimate of drug-likeness (QED) is 0.639. The highest BCUT2D eigenvalue weighted by Crippen LogP contribution is 2.33. The zero-order valence-electron chi connectivity index (χ0n) is 6.47. The third-order valence-electron chi connectivity index (χ3n) is 1.68. The van der Waals surface area contributed by atoms with E-state index < -0.39 is 12.1 Å². The molecule has 66 valence electrons. The monoisotopic (exact) mass is 175 g/mol. The average Bonchev–Trinajstić information content (AvgIpc) is 2.03. The number of hydrogen-bond donors (Lipinski definition) is 0. The lowest BCUT2D eigenvalue weighted by molar-refractivity contribution is -0.146. The molecule has 0 radical (unpaired) electrons. The van der Waals surface area contributed by atoms with Crippen LogP contribution in [0.25, 0.3) is 0 Å². The summed E-state index contributed by atoms with van der Waals surface area (Å²) in [6, 6.07) is 2.92. The van der Waals surface area contributed by atoms with Crippen molar-refractivity contribution in [2.24, 2.45) is 0 Å². The molecule has 0 aliphatic carbocycles. The zero-order chi connectivity index (χ0) is 9.19. The van der Waals surface area contributed by atoms with E-state index in [9.17, 15) is 13.2 Å². The van der Waals surface area contributed by atoms with E-state index in [-0.39, 0.29) is 5.56 Å². The molecule has 1 atom stereocenters. The maximum absolute atomic E-state index is 12.1. The Balaban J connectivity index is 2.86. The first-order valence-electron chi connectivity index (χ1n) is 3.48. The minimum absolute atomic E-state index is 0.199. The van der Waals surface area contributed by atoms with Crippen molar-refractivity contribution in [1.29, 1.82) is 0 Å². The summed E-state index contributed by atoms with van der Waals surface area (Å²) < 4.78 is 36.3. The first-order chi connectivity index (χ1) is 5.52. The molecule has 0 fully saturated rings. The van der Waals surface area contributed by atoms with Crippen molar-refractivity contribution in [3.8, 4) is 0 Å². The molecule has 4 heteroatoms. The van der Waals surface area contributed by atoms with E-state index in [1.807, 2.05) is 0 Å². The molecule has 0 spiro atoms. The predicted molar refractivity (Wildman–Crippen MR) is 38.7 cm³/mol. The van der Waals surface area contributed by atoms with Crippen LogP contribution >= 0.6 is 0 Å². The van der Waals surface area contributed by atoms with Gasteiger partial charge in [-0.05, 0) is 18.6 Å². The number of nitrogens with zero attached hydrogens (tertiary/aromatic N) is 1. The van der Waals surface area contributed by atoms with Crippen LogP contribution in [0.15, 0.2) is 24.5 Å². The fourth-order valence-corrected chi connectivity index (χ4v) is 0.821. The molecule has 1 aromatic rings. The van der Waals surface area contributed by atoms with Crippen molar-refractivity contribution >= 4 is 0 Å². The largest absolute Gasteiger partial charge is 0.395 e. The van der Waals surface area contributed by atoms with E-state index in [1.54, 1.807) is 0 Å². The van der Waals surface area contributed by atoms with Gasteiger partial charge in [-0.1, -0.05) is 6.07 Å². The summed E-state index contributed by atoms with van der Waals surface area (Å²) in [7, 11) is 0. The summed E-state index contributed by atoms with van der Waals surface area (Å²) in [5, 5.41) is 0. The van der Waals surface area contributed by atoms with E-state index in [1.165, 1.54) is 24.5 Å². The second-order valence-corrected chi connectivity index (χ2v) is 2.55. The molecule has 0 bridgehead atoms. The summed E-state index contributed by atoms with van der Waals surface area (Å²) in [4.78, 5) is 3.62. The minimum Gasteiger partial charge on any atom is -0.264 e. The summed E-state index contributed by atoms with van der Waals surface area (Å²) in [6.45, 7) is 1.12. The van der Waals surface area contributed by atoms with Crippen LogP contribution in [0.1, 0.15) is 18.4 Å². The van der Waals surface area contributed by atoms with Gasteiger partial charge in [-0.2, -0.15) is 13.2 Å². The molecule has 0 saturated heterocycles. The van der Waals surface area contributed by atoms with Crippen LogP contribution in [-0.4, -0.2) is 11.2 Å². The Labute approximate surface area is 68.2 Å². The molecule has 0 aliphatic heterocycles. The standard InChI is InChI=1S/C8H8F3N/c1-6(8(9,10)11)7-3-2-4-12-5-7/h2-6H,1H3/t6-/m1/s1. The number of aromatic nitrogens is 1. The molecule has 0 unspecified atom stereocenters. The summed E-state index contributed by atoms with van der Waals surface area (Å²) in [6.07, 6.45) is -1.49. The minimum atomic E-state index is -4.18. The molecule has 12 heavy (non-hydrogen) atoms. The van der Waals surface area contributed by atoms with Gasteiger partial charge in [0.2, 0.25) is 0 Å². The van der Waals surface area contributed by atoms with Crippen molar-refractivity contribution in [1.82, 2.24) is 4.98 Å². The van der Waals surface area contributed by atoms with Crippen molar-refractivity contribution in [2.75, 3.05) is 0 Å². The summed E-state index contributed by atoms with van der Waals surface area (Å²) in [5.74, 6) is -1.44. The number of hydrogen-bond acceptors (Lipinski definition) is 1. The molecule has 0 N–H and O–H groups in total. The Morgan fingerprint density at radius 2 is 2.08 bits per heavy atom. The Hall–Kier alpha value is -1.06. The van der Waals surface area contributed by atoms with Crippen LogP contribution in [0, 0.1) is 0 Å². The second kappa shape index (κ2) is 3.13. The van der Waals surface area contributed by atoms with Gasteiger partial charge >= 0.3 is 6.18 Å². The Bertz CT molecular complexity index is 242. The van der Waals surface area contributed by atoms with Crippen LogP contribution in [0.4, 0.5) is 13.2 Å². The average molecular weight is 175 g/mol. The van der Waals surface area contributed by atoms with Gasteiger partial charge in [0.05, 0.1) is 5.92 Å². The van der Waals surface area contributed by atoms with E-state index in [4.69, 9.17) is 0 Å². The molecule has 1 nitrogen and oxygen atoms in total. The van der Waals surface area contributed by atoms with Crippen molar-refractivity contribution in [2.45, 2.75) is 19.0 Å².